The van der Waals surface area contributed by atoms with Crippen molar-refractivity contribution in [3.05, 3.63) is 35.5 Å². The standard InChI is InChI=1S/C13H12ClNO.C2H6/c14-7-12(16)11-8-15-6-2-4-9-3-1-5-10(11)13(9)15;1-2/h1,3,5,8H,2,4,6-7H2;1-2H3. The van der Waals surface area contributed by atoms with Gasteiger partial charge in [0.15, 0.2) is 5.78 Å². The van der Waals surface area contributed by atoms with Crippen molar-refractivity contribution in [3.8, 4) is 0 Å². The third-order valence-corrected chi connectivity index (χ3v) is 3.49. The molecule has 0 unspecified atom stereocenters. The molecule has 0 saturated carbocycles. The first-order valence-corrected chi connectivity index (χ1v) is 7.04. The van der Waals surface area contributed by atoms with E-state index in [1.54, 1.807) is 0 Å². The minimum atomic E-state index is 0.0180. The van der Waals surface area contributed by atoms with Gasteiger partial charge in [-0.15, -0.1) is 11.6 Å². The highest BCUT2D eigenvalue weighted by molar-refractivity contribution is 6.32. The molecular formula is C15H18ClNO. The van der Waals surface area contributed by atoms with E-state index in [0.717, 1.165) is 30.3 Å². The number of aryl methyl sites for hydroxylation is 2. The van der Waals surface area contributed by atoms with E-state index < -0.39 is 0 Å². The summed E-state index contributed by atoms with van der Waals surface area (Å²) in [5.74, 6) is 0.0769. The van der Waals surface area contributed by atoms with Crippen molar-refractivity contribution >= 4 is 28.3 Å². The summed E-state index contributed by atoms with van der Waals surface area (Å²) in [5.41, 5.74) is 3.34. The zero-order valence-electron chi connectivity index (χ0n) is 10.9. The van der Waals surface area contributed by atoms with Gasteiger partial charge in [-0.3, -0.25) is 4.79 Å². The number of ketones is 1. The Balaban J connectivity index is 0.000000574. The minimum Gasteiger partial charge on any atom is -0.346 e. The fourth-order valence-corrected chi connectivity index (χ4v) is 2.69. The van der Waals surface area contributed by atoms with Gasteiger partial charge in [0.1, 0.15) is 0 Å². The normalized spacial score (nSPS) is 13.1. The smallest absolute Gasteiger partial charge is 0.179 e. The monoisotopic (exact) mass is 263 g/mol. The molecule has 2 aromatic rings. The average Bonchev–Trinajstić information content (AvgIpc) is 2.82. The number of hydrogen-bond acceptors (Lipinski definition) is 1. The Hall–Kier alpha value is -1.28. The van der Waals surface area contributed by atoms with Gasteiger partial charge in [0.05, 0.1) is 11.4 Å². The lowest BCUT2D eigenvalue weighted by Gasteiger charge is -2.14. The first-order chi connectivity index (χ1) is 8.81. The van der Waals surface area contributed by atoms with E-state index in [-0.39, 0.29) is 11.7 Å². The molecule has 1 aromatic heterocycles. The molecule has 3 heteroatoms. The van der Waals surface area contributed by atoms with E-state index >= 15 is 0 Å². The molecule has 0 fully saturated rings. The van der Waals surface area contributed by atoms with Gasteiger partial charge in [-0.25, -0.2) is 0 Å². The van der Waals surface area contributed by atoms with Crippen molar-refractivity contribution in [1.82, 2.24) is 4.57 Å². The quantitative estimate of drug-likeness (QED) is 0.592. The Morgan fingerprint density at radius 3 is 2.89 bits per heavy atom. The number of alkyl halides is 1. The molecule has 2 heterocycles. The SMILES string of the molecule is CC.O=C(CCl)c1cn2c3c(cccc13)CCC2. The molecule has 0 radical (unpaired) electrons. The van der Waals surface area contributed by atoms with Gasteiger partial charge in [-0.05, 0) is 18.4 Å². The molecule has 0 spiro atoms. The van der Waals surface area contributed by atoms with Crippen LogP contribution in [-0.2, 0) is 13.0 Å². The second-order valence-corrected chi connectivity index (χ2v) is 4.48. The lowest BCUT2D eigenvalue weighted by atomic mass is 10.0. The van der Waals surface area contributed by atoms with Gasteiger partial charge < -0.3 is 4.57 Å². The highest BCUT2D eigenvalue weighted by Crippen LogP contribution is 2.29. The Bertz CT molecular complexity index is 571. The third-order valence-electron chi connectivity index (χ3n) is 3.25. The van der Waals surface area contributed by atoms with Crippen LogP contribution in [0.1, 0.15) is 36.2 Å². The van der Waals surface area contributed by atoms with Crippen molar-refractivity contribution < 1.29 is 4.79 Å². The van der Waals surface area contributed by atoms with Gasteiger partial charge in [0.25, 0.3) is 0 Å². The fraction of sp³-hybridized carbons (Fsp3) is 0.400. The maximum absolute atomic E-state index is 11.7. The third kappa shape index (κ3) is 2.05. The van der Waals surface area contributed by atoms with Crippen molar-refractivity contribution in [2.45, 2.75) is 33.2 Å². The number of para-hydroxylation sites is 1. The van der Waals surface area contributed by atoms with Gasteiger partial charge >= 0.3 is 0 Å². The summed E-state index contributed by atoms with van der Waals surface area (Å²) < 4.78 is 2.19. The highest BCUT2D eigenvalue weighted by Gasteiger charge is 2.18. The van der Waals surface area contributed by atoms with Crippen molar-refractivity contribution in [2.24, 2.45) is 0 Å². The first kappa shape index (κ1) is 13.2. The summed E-state index contributed by atoms with van der Waals surface area (Å²) in [5, 5.41) is 1.06. The second kappa shape index (κ2) is 5.57. The number of benzene rings is 1. The molecule has 3 rings (SSSR count). The average molecular weight is 264 g/mol. The number of aromatic nitrogens is 1. The second-order valence-electron chi connectivity index (χ2n) is 4.21. The number of carbonyl (C=O) groups is 1. The Morgan fingerprint density at radius 1 is 1.39 bits per heavy atom. The zero-order chi connectivity index (χ0) is 13.1. The summed E-state index contributed by atoms with van der Waals surface area (Å²) >= 11 is 5.64. The molecule has 0 aliphatic carbocycles. The van der Waals surface area contributed by atoms with E-state index in [4.69, 9.17) is 11.6 Å². The molecule has 96 valence electrons. The number of halogens is 1. The Kier molecular flexibility index (Phi) is 4.07. The molecule has 0 saturated heterocycles. The highest BCUT2D eigenvalue weighted by atomic mass is 35.5. The van der Waals surface area contributed by atoms with Crippen molar-refractivity contribution in [2.75, 3.05) is 5.88 Å². The molecule has 18 heavy (non-hydrogen) atoms. The summed E-state index contributed by atoms with van der Waals surface area (Å²) in [6.45, 7) is 5.00. The largest absolute Gasteiger partial charge is 0.346 e. The number of carbonyl (C=O) groups excluding carboxylic acids is 1. The van der Waals surface area contributed by atoms with Crippen LogP contribution in [0.25, 0.3) is 10.9 Å². The van der Waals surface area contributed by atoms with Crippen LogP contribution in [0, 0.1) is 0 Å². The fourth-order valence-electron chi connectivity index (χ4n) is 2.55. The van der Waals surface area contributed by atoms with E-state index in [9.17, 15) is 4.79 Å². The van der Waals surface area contributed by atoms with E-state index in [1.165, 1.54) is 11.1 Å². The molecule has 1 aromatic carbocycles. The summed E-state index contributed by atoms with van der Waals surface area (Å²) in [4.78, 5) is 11.7. The molecular weight excluding hydrogens is 246 g/mol. The molecule has 0 bridgehead atoms. The predicted octanol–water partition coefficient (Wildman–Crippen LogP) is 4.04. The van der Waals surface area contributed by atoms with Crippen LogP contribution in [0.3, 0.4) is 0 Å². The summed E-state index contributed by atoms with van der Waals surface area (Å²) in [6.07, 6.45) is 4.21. The van der Waals surface area contributed by atoms with Crippen molar-refractivity contribution in [3.63, 3.8) is 0 Å². The van der Waals surface area contributed by atoms with Crippen LogP contribution in [-0.4, -0.2) is 16.2 Å². The van der Waals surface area contributed by atoms with Gasteiger partial charge in [0, 0.05) is 23.7 Å². The molecule has 1 aliphatic heterocycles. The van der Waals surface area contributed by atoms with E-state index in [1.807, 2.05) is 32.2 Å². The molecule has 1 aliphatic rings. The first-order valence-electron chi connectivity index (χ1n) is 6.51. The topological polar surface area (TPSA) is 22.0 Å². The van der Waals surface area contributed by atoms with Crippen molar-refractivity contribution in [1.29, 1.82) is 0 Å². The van der Waals surface area contributed by atoms with Gasteiger partial charge in [-0.2, -0.15) is 0 Å². The number of rotatable bonds is 2. The van der Waals surface area contributed by atoms with Crippen LogP contribution in [0.2, 0.25) is 0 Å². The lowest BCUT2D eigenvalue weighted by molar-refractivity contribution is 0.102. The maximum atomic E-state index is 11.7. The summed E-state index contributed by atoms with van der Waals surface area (Å²) in [7, 11) is 0. The maximum Gasteiger partial charge on any atom is 0.179 e. The van der Waals surface area contributed by atoms with Crippen LogP contribution in [0.15, 0.2) is 24.4 Å². The van der Waals surface area contributed by atoms with Gasteiger partial charge in [-0.1, -0.05) is 32.0 Å². The molecule has 0 atom stereocenters. The molecule has 0 amide bonds. The lowest BCUT2D eigenvalue weighted by Crippen LogP contribution is -2.05. The molecule has 0 N–H and O–H groups in total. The predicted molar refractivity (Wildman–Crippen MR) is 76.7 cm³/mol. The van der Waals surface area contributed by atoms with Crippen LogP contribution < -0.4 is 0 Å². The Morgan fingerprint density at radius 2 is 2.17 bits per heavy atom. The Labute approximate surface area is 113 Å². The number of nitrogens with zero attached hydrogens (tertiary/aromatic N) is 1. The van der Waals surface area contributed by atoms with E-state index in [2.05, 4.69) is 10.6 Å². The zero-order valence-corrected chi connectivity index (χ0v) is 11.6. The number of Topliss-reactive ketones (excluding diaryl/α,β-unsaturated/α-hetero) is 1. The summed E-state index contributed by atoms with van der Waals surface area (Å²) in [6, 6.07) is 6.19. The van der Waals surface area contributed by atoms with Gasteiger partial charge in [0.2, 0.25) is 0 Å². The van der Waals surface area contributed by atoms with Crippen LogP contribution in [0.5, 0.6) is 0 Å². The van der Waals surface area contributed by atoms with Crippen LogP contribution in [0.4, 0.5) is 0 Å². The van der Waals surface area contributed by atoms with Crippen LogP contribution >= 0.6 is 11.6 Å². The minimum absolute atomic E-state index is 0.0180. The van der Waals surface area contributed by atoms with E-state index in [0.29, 0.717) is 0 Å². The number of hydrogen-bond donors (Lipinski definition) is 0. The molecule has 2 nitrogen and oxygen atoms in total.